The maximum atomic E-state index is 11.2. The second-order valence-electron chi connectivity index (χ2n) is 7.66. The highest BCUT2D eigenvalue weighted by Crippen LogP contribution is 2.25. The summed E-state index contributed by atoms with van der Waals surface area (Å²) >= 11 is 0. The van der Waals surface area contributed by atoms with Gasteiger partial charge in [0, 0.05) is 6.54 Å². The van der Waals surface area contributed by atoms with Crippen molar-refractivity contribution in [1.82, 2.24) is 10.3 Å². The fourth-order valence-corrected chi connectivity index (χ4v) is 3.01. The number of fused-ring (bicyclic) bond motifs is 1. The maximum Gasteiger partial charge on any atom is 0.347 e. The summed E-state index contributed by atoms with van der Waals surface area (Å²) in [5.41, 5.74) is 1.47. The highest BCUT2D eigenvalue weighted by atomic mass is 16.5. The van der Waals surface area contributed by atoms with Crippen molar-refractivity contribution in [2.45, 2.75) is 58.2 Å². The van der Waals surface area contributed by atoms with Gasteiger partial charge in [-0.2, -0.15) is 0 Å². The molecule has 6 heteroatoms. The number of hydrogen-bond donors (Lipinski definition) is 2. The number of nitrogens with one attached hydrogen (secondary N) is 1. The molecule has 0 saturated heterocycles. The summed E-state index contributed by atoms with van der Waals surface area (Å²) < 4.78 is 11.5. The number of nitrogens with zero attached hydrogens (tertiary/aromatic N) is 1. The summed E-state index contributed by atoms with van der Waals surface area (Å²) in [4.78, 5) is 15.9. The van der Waals surface area contributed by atoms with E-state index in [1.54, 1.807) is 12.1 Å². The smallest absolute Gasteiger partial charge is 0.347 e. The average Bonchev–Trinajstić information content (AvgIpc) is 3.13. The molecule has 1 unspecified atom stereocenters. The first kappa shape index (κ1) is 20.9. The minimum absolute atomic E-state index is 0.0317. The standard InChI is InChI=1S/C23H28N2O4/c1-4-5-8-19(21-25-18-9-6-7-10-20(18)28-21)24-15-16-11-13-17(14-12-16)29-23(2,3)22(26)27/h6-7,9-14,19,24H,4-5,8,15H2,1-3H3,(H,26,27). The van der Waals surface area contributed by atoms with E-state index < -0.39 is 11.6 Å². The molecule has 0 aliphatic rings. The van der Waals surface area contributed by atoms with Crippen molar-refractivity contribution in [2.75, 3.05) is 0 Å². The summed E-state index contributed by atoms with van der Waals surface area (Å²) in [5, 5.41) is 12.7. The first-order valence-corrected chi connectivity index (χ1v) is 9.99. The van der Waals surface area contributed by atoms with E-state index in [2.05, 4.69) is 17.2 Å². The molecule has 0 fully saturated rings. The minimum Gasteiger partial charge on any atom is -0.478 e. The molecular formula is C23H28N2O4. The molecule has 0 radical (unpaired) electrons. The number of oxazole rings is 1. The Hall–Kier alpha value is -2.86. The Kier molecular flexibility index (Phi) is 6.54. The van der Waals surface area contributed by atoms with Crippen LogP contribution in [0, 0.1) is 0 Å². The Morgan fingerprint density at radius 1 is 1.21 bits per heavy atom. The third kappa shape index (κ3) is 5.35. The number of para-hydroxylation sites is 2. The molecule has 0 amide bonds. The summed E-state index contributed by atoms with van der Waals surface area (Å²) in [7, 11) is 0. The van der Waals surface area contributed by atoms with E-state index in [0.29, 0.717) is 18.2 Å². The van der Waals surface area contributed by atoms with Crippen LogP contribution in [0.1, 0.15) is 57.5 Å². The van der Waals surface area contributed by atoms with Crippen LogP contribution in [0.4, 0.5) is 0 Å². The lowest BCUT2D eigenvalue weighted by Gasteiger charge is -2.21. The Labute approximate surface area is 170 Å². The molecule has 1 aromatic heterocycles. The normalized spacial score (nSPS) is 12.8. The van der Waals surface area contributed by atoms with Crippen LogP contribution in [0.2, 0.25) is 0 Å². The monoisotopic (exact) mass is 396 g/mol. The number of aromatic nitrogens is 1. The second-order valence-corrected chi connectivity index (χ2v) is 7.66. The largest absolute Gasteiger partial charge is 0.478 e. The van der Waals surface area contributed by atoms with Crippen molar-refractivity contribution in [3.8, 4) is 5.75 Å². The molecule has 0 spiro atoms. The van der Waals surface area contributed by atoms with Crippen LogP contribution in [-0.2, 0) is 11.3 Å². The van der Waals surface area contributed by atoms with Crippen molar-refractivity contribution < 1.29 is 19.1 Å². The number of carbonyl (C=O) groups is 1. The molecule has 1 atom stereocenters. The van der Waals surface area contributed by atoms with E-state index in [4.69, 9.17) is 9.15 Å². The predicted molar refractivity (Wildman–Crippen MR) is 112 cm³/mol. The third-order valence-corrected chi connectivity index (χ3v) is 4.82. The van der Waals surface area contributed by atoms with Crippen LogP contribution in [0.15, 0.2) is 52.9 Å². The molecule has 29 heavy (non-hydrogen) atoms. The lowest BCUT2D eigenvalue weighted by molar-refractivity contribution is -0.152. The summed E-state index contributed by atoms with van der Waals surface area (Å²) in [6, 6.07) is 15.3. The van der Waals surface area contributed by atoms with Crippen molar-refractivity contribution >= 4 is 17.1 Å². The van der Waals surface area contributed by atoms with Crippen LogP contribution in [0.5, 0.6) is 5.75 Å². The van der Waals surface area contributed by atoms with Gasteiger partial charge in [0.05, 0.1) is 6.04 Å². The van der Waals surface area contributed by atoms with Crippen LogP contribution >= 0.6 is 0 Å². The van der Waals surface area contributed by atoms with Gasteiger partial charge in [0.25, 0.3) is 0 Å². The fourth-order valence-electron chi connectivity index (χ4n) is 3.01. The molecule has 0 aliphatic carbocycles. The zero-order valence-electron chi connectivity index (χ0n) is 17.1. The SMILES string of the molecule is CCCCC(NCc1ccc(OC(C)(C)C(=O)O)cc1)c1nc2ccccc2o1. The van der Waals surface area contributed by atoms with Gasteiger partial charge in [0.2, 0.25) is 5.89 Å². The zero-order chi connectivity index (χ0) is 20.9. The zero-order valence-corrected chi connectivity index (χ0v) is 17.1. The van der Waals surface area contributed by atoms with Gasteiger partial charge in [-0.25, -0.2) is 9.78 Å². The van der Waals surface area contributed by atoms with Gasteiger partial charge >= 0.3 is 5.97 Å². The van der Waals surface area contributed by atoms with Gasteiger partial charge < -0.3 is 19.6 Å². The van der Waals surface area contributed by atoms with E-state index in [-0.39, 0.29) is 6.04 Å². The first-order valence-electron chi connectivity index (χ1n) is 9.99. The van der Waals surface area contributed by atoms with Gasteiger partial charge in [-0.1, -0.05) is 44.0 Å². The van der Waals surface area contributed by atoms with E-state index in [9.17, 15) is 9.90 Å². The Bertz CT molecular complexity index is 914. The Balaban J connectivity index is 1.67. The molecule has 154 valence electrons. The van der Waals surface area contributed by atoms with Gasteiger partial charge in [0.1, 0.15) is 11.3 Å². The summed E-state index contributed by atoms with van der Waals surface area (Å²) in [5.74, 6) is 0.241. The van der Waals surface area contributed by atoms with Crippen LogP contribution in [-0.4, -0.2) is 21.7 Å². The number of carboxylic acid groups (broad SMARTS) is 1. The maximum absolute atomic E-state index is 11.2. The van der Waals surface area contributed by atoms with Crippen molar-refractivity contribution in [3.05, 3.63) is 60.0 Å². The minimum atomic E-state index is -1.27. The molecule has 6 nitrogen and oxygen atoms in total. The molecule has 3 rings (SSSR count). The number of rotatable bonds is 10. The van der Waals surface area contributed by atoms with Crippen molar-refractivity contribution in [3.63, 3.8) is 0 Å². The quantitative estimate of drug-likeness (QED) is 0.496. The molecule has 0 aliphatic heterocycles. The molecule has 2 aromatic carbocycles. The van der Waals surface area contributed by atoms with Gasteiger partial charge in [-0.05, 0) is 50.1 Å². The number of hydrogen-bond acceptors (Lipinski definition) is 5. The Morgan fingerprint density at radius 3 is 2.59 bits per heavy atom. The lowest BCUT2D eigenvalue weighted by Crippen LogP contribution is -2.37. The molecular weight excluding hydrogens is 368 g/mol. The second kappa shape index (κ2) is 9.09. The summed E-state index contributed by atoms with van der Waals surface area (Å²) in [6.07, 6.45) is 3.12. The van der Waals surface area contributed by atoms with E-state index in [1.165, 1.54) is 13.8 Å². The van der Waals surface area contributed by atoms with Gasteiger partial charge in [0.15, 0.2) is 11.2 Å². The van der Waals surface area contributed by atoms with Crippen LogP contribution < -0.4 is 10.1 Å². The van der Waals surface area contributed by atoms with E-state index >= 15 is 0 Å². The topological polar surface area (TPSA) is 84.6 Å². The fraction of sp³-hybridized carbons (Fsp3) is 0.391. The van der Waals surface area contributed by atoms with Crippen LogP contribution in [0.25, 0.3) is 11.1 Å². The van der Waals surface area contributed by atoms with Crippen LogP contribution in [0.3, 0.4) is 0 Å². The van der Waals surface area contributed by atoms with Gasteiger partial charge in [-0.15, -0.1) is 0 Å². The number of unbranched alkanes of at least 4 members (excludes halogenated alkanes) is 1. The number of ether oxygens (including phenoxy) is 1. The first-order chi connectivity index (χ1) is 13.9. The number of carboxylic acids is 1. The lowest BCUT2D eigenvalue weighted by atomic mass is 10.1. The molecule has 1 heterocycles. The number of aliphatic carboxylic acids is 1. The average molecular weight is 396 g/mol. The Morgan fingerprint density at radius 2 is 1.93 bits per heavy atom. The number of benzene rings is 2. The molecule has 0 bridgehead atoms. The van der Waals surface area contributed by atoms with Crippen molar-refractivity contribution in [2.24, 2.45) is 0 Å². The van der Waals surface area contributed by atoms with E-state index in [1.807, 2.05) is 36.4 Å². The molecule has 0 saturated carbocycles. The third-order valence-electron chi connectivity index (χ3n) is 4.82. The predicted octanol–water partition coefficient (Wildman–Crippen LogP) is 5.09. The van der Waals surface area contributed by atoms with Gasteiger partial charge in [-0.3, -0.25) is 0 Å². The summed E-state index contributed by atoms with van der Waals surface area (Å²) in [6.45, 7) is 5.88. The van der Waals surface area contributed by atoms with E-state index in [0.717, 1.165) is 35.9 Å². The highest BCUT2D eigenvalue weighted by molar-refractivity contribution is 5.76. The molecule has 3 aromatic rings. The molecule has 2 N–H and O–H groups in total. The highest BCUT2D eigenvalue weighted by Gasteiger charge is 2.29. The van der Waals surface area contributed by atoms with Crippen molar-refractivity contribution in [1.29, 1.82) is 0 Å².